The number of benzene rings is 2. The molecule has 1 saturated heterocycles. The van der Waals surface area contributed by atoms with Crippen LogP contribution in [-0.2, 0) is 16.4 Å². The number of nitrogens with one attached hydrogen (secondary N) is 1. The summed E-state index contributed by atoms with van der Waals surface area (Å²) < 4.78 is 26.6. The fourth-order valence-electron chi connectivity index (χ4n) is 3.73. The van der Waals surface area contributed by atoms with Gasteiger partial charge in [-0.05, 0) is 62.2 Å². The number of carbonyl (C=O) groups is 1. The van der Waals surface area contributed by atoms with Crippen LogP contribution in [0, 0.1) is 12.3 Å². The third kappa shape index (κ3) is 6.66. The zero-order chi connectivity index (χ0) is 22.1. The Morgan fingerprint density at radius 1 is 1.00 bits per heavy atom. The van der Waals surface area contributed by atoms with E-state index in [-0.39, 0.29) is 17.3 Å². The summed E-state index contributed by atoms with van der Waals surface area (Å²) in [6, 6.07) is 16.5. The molecule has 2 aromatic carbocycles. The van der Waals surface area contributed by atoms with Crippen molar-refractivity contribution in [1.29, 1.82) is 0 Å². The summed E-state index contributed by atoms with van der Waals surface area (Å²) in [5.74, 6) is 2.18. The van der Waals surface area contributed by atoms with Crippen LogP contribution in [0.1, 0.15) is 28.8 Å². The zero-order valence-electron chi connectivity index (χ0n) is 17.7. The number of rotatable bonds is 8. The number of amides is 1. The first kappa shape index (κ1) is 23.0. The molecule has 1 heterocycles. The normalized spacial score (nSPS) is 15.3. The molecule has 1 amide bonds. The van der Waals surface area contributed by atoms with Crippen LogP contribution in [0.2, 0.25) is 0 Å². The Balaban J connectivity index is 1.51. The molecular formula is C24H29N3O3S. The number of aryl methyl sites for hydroxylation is 1. The Morgan fingerprint density at radius 3 is 2.45 bits per heavy atom. The molecule has 0 aliphatic carbocycles. The maximum atomic E-state index is 12.9. The lowest BCUT2D eigenvalue weighted by Gasteiger charge is -2.22. The summed E-state index contributed by atoms with van der Waals surface area (Å²) in [6.07, 6.45) is 8.20. The summed E-state index contributed by atoms with van der Waals surface area (Å²) in [6.45, 7) is 4.16. The van der Waals surface area contributed by atoms with E-state index in [1.54, 1.807) is 12.1 Å². The molecule has 0 bridgehead atoms. The molecule has 1 aliphatic rings. The van der Waals surface area contributed by atoms with Gasteiger partial charge in [0.2, 0.25) is 10.0 Å². The third-order valence-corrected chi connectivity index (χ3v) is 6.85. The number of sulfonamides is 1. The number of carbonyl (C=O) groups excluding carboxylic acids is 1. The highest BCUT2D eigenvalue weighted by molar-refractivity contribution is 7.89. The molecule has 0 saturated carbocycles. The molecular weight excluding hydrogens is 410 g/mol. The highest BCUT2D eigenvalue weighted by Crippen LogP contribution is 2.14. The van der Waals surface area contributed by atoms with Crippen molar-refractivity contribution in [2.45, 2.75) is 24.2 Å². The molecule has 0 unspecified atom stereocenters. The summed E-state index contributed by atoms with van der Waals surface area (Å²) in [5.41, 5.74) is 1.85. The molecule has 2 aromatic rings. The Morgan fingerprint density at radius 2 is 1.74 bits per heavy atom. The first-order valence-electron chi connectivity index (χ1n) is 10.6. The fraction of sp³-hybridized carbons (Fsp3) is 0.375. The van der Waals surface area contributed by atoms with Gasteiger partial charge in [0.1, 0.15) is 0 Å². The van der Waals surface area contributed by atoms with Crippen molar-refractivity contribution < 1.29 is 13.2 Å². The first-order chi connectivity index (χ1) is 15.0. The van der Waals surface area contributed by atoms with Crippen molar-refractivity contribution in [3.05, 3.63) is 65.7 Å². The average Bonchev–Trinajstić information content (AvgIpc) is 3.04. The maximum Gasteiger partial charge on any atom is 0.253 e. The number of hydrogen-bond acceptors (Lipinski definition) is 4. The fourth-order valence-corrected chi connectivity index (χ4v) is 4.66. The van der Waals surface area contributed by atoms with E-state index >= 15 is 0 Å². The molecule has 0 aromatic heterocycles. The van der Waals surface area contributed by atoms with Crippen LogP contribution in [-0.4, -0.2) is 63.4 Å². The van der Waals surface area contributed by atoms with E-state index < -0.39 is 10.0 Å². The molecule has 164 valence electrons. The predicted octanol–water partition coefficient (Wildman–Crippen LogP) is 2.38. The van der Waals surface area contributed by atoms with E-state index in [2.05, 4.69) is 39.8 Å². The van der Waals surface area contributed by atoms with Crippen molar-refractivity contribution in [3.63, 3.8) is 0 Å². The highest BCUT2D eigenvalue weighted by Gasteiger charge is 2.21. The van der Waals surface area contributed by atoms with Gasteiger partial charge in [-0.25, -0.2) is 8.42 Å². The van der Waals surface area contributed by atoms with E-state index in [1.165, 1.54) is 17.7 Å². The summed E-state index contributed by atoms with van der Waals surface area (Å²) in [5, 5.41) is 0. The molecule has 1 N–H and O–H groups in total. The van der Waals surface area contributed by atoms with Crippen LogP contribution in [0.25, 0.3) is 0 Å². The van der Waals surface area contributed by atoms with Crippen molar-refractivity contribution in [3.8, 4) is 12.3 Å². The molecule has 31 heavy (non-hydrogen) atoms. The minimum atomic E-state index is -3.66. The lowest BCUT2D eigenvalue weighted by atomic mass is 10.1. The van der Waals surface area contributed by atoms with Gasteiger partial charge in [0.25, 0.3) is 5.91 Å². The second-order valence-corrected chi connectivity index (χ2v) is 9.40. The van der Waals surface area contributed by atoms with Crippen LogP contribution in [0.3, 0.4) is 0 Å². The summed E-state index contributed by atoms with van der Waals surface area (Å²) >= 11 is 0. The highest BCUT2D eigenvalue weighted by atomic mass is 32.2. The largest absolute Gasteiger partial charge is 0.337 e. The molecule has 6 nitrogen and oxygen atoms in total. The molecule has 0 spiro atoms. The Kier molecular flexibility index (Phi) is 8.24. The average molecular weight is 440 g/mol. The minimum Gasteiger partial charge on any atom is -0.337 e. The van der Waals surface area contributed by atoms with E-state index in [9.17, 15) is 13.2 Å². The molecule has 0 radical (unpaired) electrons. The van der Waals surface area contributed by atoms with E-state index in [1.807, 2.05) is 11.0 Å². The standard InChI is InChI=1S/C24H29N3O3S/c1-2-15-25-31(29,30)23-13-11-22(12-14-23)24(28)27-18-7-17-26(19-20-27)16-6-10-21-8-4-3-5-9-21/h1,3-5,8-9,11-14,25H,6-7,10,15-20H2. The van der Waals surface area contributed by atoms with Gasteiger partial charge in [-0.15, -0.1) is 6.42 Å². The Bertz CT molecular complexity index is 999. The van der Waals surface area contributed by atoms with Gasteiger partial charge in [-0.2, -0.15) is 4.72 Å². The van der Waals surface area contributed by atoms with Gasteiger partial charge in [0.05, 0.1) is 11.4 Å². The third-order valence-electron chi connectivity index (χ3n) is 5.43. The van der Waals surface area contributed by atoms with Crippen LogP contribution < -0.4 is 4.72 Å². The molecule has 1 fully saturated rings. The maximum absolute atomic E-state index is 12.9. The summed E-state index contributed by atoms with van der Waals surface area (Å²) in [7, 11) is -3.66. The number of hydrogen-bond donors (Lipinski definition) is 1. The van der Waals surface area contributed by atoms with E-state index in [0.717, 1.165) is 38.9 Å². The van der Waals surface area contributed by atoms with E-state index in [4.69, 9.17) is 6.42 Å². The van der Waals surface area contributed by atoms with Gasteiger partial charge in [-0.3, -0.25) is 4.79 Å². The molecule has 1 aliphatic heterocycles. The van der Waals surface area contributed by atoms with Gasteiger partial charge in [0, 0.05) is 25.2 Å². The van der Waals surface area contributed by atoms with Gasteiger partial charge in [-0.1, -0.05) is 36.3 Å². The van der Waals surface area contributed by atoms with Crippen LogP contribution >= 0.6 is 0 Å². The number of nitrogens with zero attached hydrogens (tertiary/aromatic N) is 2. The first-order valence-corrected chi connectivity index (χ1v) is 12.1. The molecule has 0 atom stereocenters. The molecule has 7 heteroatoms. The van der Waals surface area contributed by atoms with Gasteiger partial charge >= 0.3 is 0 Å². The van der Waals surface area contributed by atoms with Crippen molar-refractivity contribution in [2.24, 2.45) is 0 Å². The SMILES string of the molecule is C#CCNS(=O)(=O)c1ccc(C(=O)N2CCCN(CCCc3ccccc3)CC2)cc1. The quantitative estimate of drug-likeness (QED) is 0.641. The van der Waals surface area contributed by atoms with Crippen molar-refractivity contribution in [1.82, 2.24) is 14.5 Å². The van der Waals surface area contributed by atoms with Gasteiger partial charge in [0.15, 0.2) is 0 Å². The molecule has 3 rings (SSSR count). The van der Waals surface area contributed by atoms with E-state index in [0.29, 0.717) is 18.7 Å². The Hall–Kier alpha value is -2.66. The van der Waals surface area contributed by atoms with Crippen molar-refractivity contribution in [2.75, 3.05) is 39.3 Å². The summed E-state index contributed by atoms with van der Waals surface area (Å²) in [4.78, 5) is 17.3. The van der Waals surface area contributed by atoms with Crippen molar-refractivity contribution >= 4 is 15.9 Å². The zero-order valence-corrected chi connectivity index (χ0v) is 18.5. The smallest absolute Gasteiger partial charge is 0.253 e. The predicted molar refractivity (Wildman–Crippen MR) is 122 cm³/mol. The lowest BCUT2D eigenvalue weighted by molar-refractivity contribution is 0.0761. The minimum absolute atomic E-state index is 0.0633. The van der Waals surface area contributed by atoms with Crippen LogP contribution in [0.5, 0.6) is 0 Å². The van der Waals surface area contributed by atoms with Gasteiger partial charge < -0.3 is 9.80 Å². The lowest BCUT2D eigenvalue weighted by Crippen LogP contribution is -2.35. The number of terminal acetylenes is 1. The monoisotopic (exact) mass is 439 g/mol. The topological polar surface area (TPSA) is 69.7 Å². The van der Waals surface area contributed by atoms with Crippen LogP contribution in [0.4, 0.5) is 0 Å². The second-order valence-electron chi connectivity index (χ2n) is 7.63. The second kappa shape index (κ2) is 11.1. The Labute approximate surface area is 185 Å². The van der Waals surface area contributed by atoms with Crippen LogP contribution in [0.15, 0.2) is 59.5 Å².